The average molecular weight is 278 g/mol. The highest BCUT2D eigenvalue weighted by molar-refractivity contribution is 6.34. The minimum Gasteiger partial charge on any atom is -0.349 e. The highest BCUT2D eigenvalue weighted by Gasteiger charge is 2.16. The average Bonchev–Trinajstić information content (AvgIpc) is 2.31. The van der Waals surface area contributed by atoms with Gasteiger partial charge in [-0.15, -0.1) is 11.6 Å². The van der Waals surface area contributed by atoms with Crippen molar-refractivity contribution >= 4 is 29.1 Å². The van der Waals surface area contributed by atoms with Gasteiger partial charge in [-0.25, -0.2) is 4.39 Å². The summed E-state index contributed by atoms with van der Waals surface area (Å²) in [7, 11) is 0. The molecule has 0 aliphatic heterocycles. The molecule has 0 fully saturated rings. The molecule has 1 unspecified atom stereocenters. The van der Waals surface area contributed by atoms with Crippen molar-refractivity contribution in [3.05, 3.63) is 34.6 Å². The molecule has 0 aliphatic carbocycles. The third-order valence-corrected chi connectivity index (χ3v) is 3.08. The number of nitrogens with one attached hydrogen (secondary N) is 1. The summed E-state index contributed by atoms with van der Waals surface area (Å²) in [4.78, 5) is 11.9. The highest BCUT2D eigenvalue weighted by Crippen LogP contribution is 2.19. The van der Waals surface area contributed by atoms with E-state index in [1.165, 1.54) is 18.2 Å². The fourth-order valence-electron chi connectivity index (χ4n) is 1.45. The van der Waals surface area contributed by atoms with E-state index < -0.39 is 5.82 Å². The van der Waals surface area contributed by atoms with Crippen LogP contribution in [0.3, 0.4) is 0 Å². The molecule has 1 atom stereocenters. The van der Waals surface area contributed by atoms with Crippen molar-refractivity contribution in [1.82, 2.24) is 5.32 Å². The Balaban J connectivity index is 2.79. The number of hydrogen-bond donors (Lipinski definition) is 1. The van der Waals surface area contributed by atoms with Crippen LogP contribution in [0.15, 0.2) is 18.2 Å². The predicted octanol–water partition coefficient (Wildman–Crippen LogP) is 3.62. The smallest absolute Gasteiger partial charge is 0.253 e. The minimum absolute atomic E-state index is 0.0145. The van der Waals surface area contributed by atoms with E-state index in [0.717, 1.165) is 6.42 Å². The van der Waals surface area contributed by atoms with Crippen molar-refractivity contribution < 1.29 is 9.18 Å². The number of alkyl halides is 1. The number of halogens is 3. The van der Waals surface area contributed by atoms with Gasteiger partial charge in [0.2, 0.25) is 0 Å². The number of benzene rings is 1. The minimum atomic E-state index is -0.593. The third kappa shape index (κ3) is 3.86. The lowest BCUT2D eigenvalue weighted by atomic mass is 10.1. The van der Waals surface area contributed by atoms with Crippen LogP contribution in [0.1, 0.15) is 30.1 Å². The molecule has 0 saturated carbocycles. The summed E-state index contributed by atoms with van der Waals surface area (Å²) in [5.74, 6) is -0.494. The standard InChI is InChI=1S/C12H14Cl2FNO/c1-2-8(6-7-13)16-12(17)9-4-3-5-10(15)11(9)14/h3-5,8H,2,6-7H2,1H3,(H,16,17). The maximum atomic E-state index is 13.2. The Bertz CT molecular complexity index is 398. The van der Waals surface area contributed by atoms with E-state index in [1.807, 2.05) is 6.92 Å². The zero-order valence-corrected chi connectivity index (χ0v) is 11.0. The molecular weight excluding hydrogens is 264 g/mol. The second-order valence-corrected chi connectivity index (χ2v) is 4.41. The van der Waals surface area contributed by atoms with Gasteiger partial charge in [0.05, 0.1) is 10.6 Å². The Kier molecular flexibility index (Phi) is 5.72. The van der Waals surface area contributed by atoms with Crippen LogP contribution < -0.4 is 5.32 Å². The SMILES string of the molecule is CCC(CCCl)NC(=O)c1cccc(F)c1Cl. The van der Waals surface area contributed by atoms with E-state index in [2.05, 4.69) is 5.32 Å². The lowest BCUT2D eigenvalue weighted by Crippen LogP contribution is -2.34. The summed E-state index contributed by atoms with van der Waals surface area (Å²) in [5, 5.41) is 2.63. The number of rotatable bonds is 5. The van der Waals surface area contributed by atoms with Crippen molar-refractivity contribution in [2.75, 3.05) is 5.88 Å². The van der Waals surface area contributed by atoms with Gasteiger partial charge in [0.15, 0.2) is 0 Å². The van der Waals surface area contributed by atoms with Crippen LogP contribution in [0.4, 0.5) is 4.39 Å². The monoisotopic (exact) mass is 277 g/mol. The van der Waals surface area contributed by atoms with Crippen molar-refractivity contribution in [3.63, 3.8) is 0 Å². The van der Waals surface area contributed by atoms with Crippen molar-refractivity contribution in [1.29, 1.82) is 0 Å². The zero-order valence-electron chi connectivity index (χ0n) is 9.47. The fraction of sp³-hybridized carbons (Fsp3) is 0.417. The molecule has 0 aromatic heterocycles. The van der Waals surface area contributed by atoms with Crippen LogP contribution in [0.2, 0.25) is 5.02 Å². The van der Waals surface area contributed by atoms with Gasteiger partial charge in [0.1, 0.15) is 5.82 Å². The fourth-order valence-corrected chi connectivity index (χ4v) is 1.93. The first-order chi connectivity index (χ1) is 8.10. The van der Waals surface area contributed by atoms with Gasteiger partial charge in [-0.3, -0.25) is 4.79 Å². The quantitative estimate of drug-likeness (QED) is 0.819. The first kappa shape index (κ1) is 14.3. The first-order valence-corrected chi connectivity index (χ1v) is 6.32. The summed E-state index contributed by atoms with van der Waals surface area (Å²) in [6.07, 6.45) is 1.45. The molecule has 1 N–H and O–H groups in total. The van der Waals surface area contributed by atoms with Gasteiger partial charge < -0.3 is 5.32 Å². The zero-order chi connectivity index (χ0) is 12.8. The van der Waals surface area contributed by atoms with Gasteiger partial charge >= 0.3 is 0 Å². The van der Waals surface area contributed by atoms with Crippen LogP contribution in [0.5, 0.6) is 0 Å². The Labute approximate surface area is 110 Å². The highest BCUT2D eigenvalue weighted by atomic mass is 35.5. The summed E-state index contributed by atoms with van der Waals surface area (Å²) in [5.41, 5.74) is 0.152. The molecule has 0 bridgehead atoms. The van der Waals surface area contributed by atoms with Crippen LogP contribution in [0, 0.1) is 5.82 Å². The molecule has 2 nitrogen and oxygen atoms in total. The summed E-state index contributed by atoms with van der Waals surface area (Å²) in [6, 6.07) is 4.15. The Hall–Kier alpha value is -0.800. The van der Waals surface area contributed by atoms with E-state index in [4.69, 9.17) is 23.2 Å². The van der Waals surface area contributed by atoms with E-state index >= 15 is 0 Å². The van der Waals surface area contributed by atoms with Crippen LogP contribution in [-0.4, -0.2) is 17.8 Å². The first-order valence-electron chi connectivity index (χ1n) is 5.41. The van der Waals surface area contributed by atoms with E-state index in [-0.39, 0.29) is 22.5 Å². The largest absolute Gasteiger partial charge is 0.349 e. The normalized spacial score (nSPS) is 12.2. The number of amides is 1. The van der Waals surface area contributed by atoms with Gasteiger partial charge in [0.25, 0.3) is 5.91 Å². The molecule has 1 aromatic carbocycles. The molecule has 0 saturated heterocycles. The molecular formula is C12H14Cl2FNO. The number of hydrogen-bond acceptors (Lipinski definition) is 1. The Morgan fingerprint density at radius 3 is 2.82 bits per heavy atom. The predicted molar refractivity (Wildman–Crippen MR) is 68.3 cm³/mol. The molecule has 0 radical (unpaired) electrons. The molecule has 94 valence electrons. The van der Waals surface area contributed by atoms with E-state index in [1.54, 1.807) is 0 Å². The molecule has 1 rings (SSSR count). The maximum Gasteiger partial charge on any atom is 0.253 e. The Morgan fingerprint density at radius 2 is 2.24 bits per heavy atom. The van der Waals surface area contributed by atoms with Crippen LogP contribution in [-0.2, 0) is 0 Å². The van der Waals surface area contributed by atoms with E-state index in [9.17, 15) is 9.18 Å². The molecule has 0 heterocycles. The third-order valence-electron chi connectivity index (χ3n) is 2.48. The van der Waals surface area contributed by atoms with Crippen LogP contribution in [0.25, 0.3) is 0 Å². The maximum absolute atomic E-state index is 13.2. The molecule has 0 aliphatic rings. The summed E-state index contributed by atoms with van der Waals surface area (Å²) < 4.78 is 13.2. The topological polar surface area (TPSA) is 29.1 Å². The van der Waals surface area contributed by atoms with Gasteiger partial charge in [0, 0.05) is 11.9 Å². The summed E-state index contributed by atoms with van der Waals surface area (Å²) >= 11 is 11.4. The lowest BCUT2D eigenvalue weighted by molar-refractivity contribution is 0.0935. The molecule has 0 spiro atoms. The molecule has 17 heavy (non-hydrogen) atoms. The van der Waals surface area contributed by atoms with Crippen LogP contribution >= 0.6 is 23.2 Å². The second-order valence-electron chi connectivity index (χ2n) is 3.66. The van der Waals surface area contributed by atoms with Crippen molar-refractivity contribution in [2.24, 2.45) is 0 Å². The van der Waals surface area contributed by atoms with E-state index in [0.29, 0.717) is 12.3 Å². The number of carbonyl (C=O) groups excluding carboxylic acids is 1. The molecule has 1 aromatic rings. The van der Waals surface area contributed by atoms with Gasteiger partial charge in [-0.1, -0.05) is 24.6 Å². The second kappa shape index (κ2) is 6.82. The van der Waals surface area contributed by atoms with Gasteiger partial charge in [-0.05, 0) is 25.0 Å². The van der Waals surface area contributed by atoms with Gasteiger partial charge in [-0.2, -0.15) is 0 Å². The van der Waals surface area contributed by atoms with Crippen molar-refractivity contribution in [3.8, 4) is 0 Å². The molecule has 5 heteroatoms. The lowest BCUT2D eigenvalue weighted by Gasteiger charge is -2.16. The van der Waals surface area contributed by atoms with Crippen molar-refractivity contribution in [2.45, 2.75) is 25.8 Å². The summed E-state index contributed by atoms with van der Waals surface area (Å²) in [6.45, 7) is 1.95. The number of carbonyl (C=O) groups is 1. The molecule has 1 amide bonds. The Morgan fingerprint density at radius 1 is 1.53 bits per heavy atom.